The van der Waals surface area contributed by atoms with Crippen molar-refractivity contribution in [3.8, 4) is 0 Å². The van der Waals surface area contributed by atoms with Crippen LogP contribution in [0.15, 0.2) is 46.2 Å². The van der Waals surface area contributed by atoms with Gasteiger partial charge in [-0.3, -0.25) is 0 Å². The summed E-state index contributed by atoms with van der Waals surface area (Å²) < 4.78 is 5.32. The van der Waals surface area contributed by atoms with Gasteiger partial charge >= 0.3 is 0 Å². The minimum atomic E-state index is 0.641. The number of benzene rings is 1. The highest BCUT2D eigenvalue weighted by Gasteiger charge is 2.11. The molecule has 20 heavy (non-hydrogen) atoms. The van der Waals surface area contributed by atoms with Gasteiger partial charge in [0.25, 0.3) is 0 Å². The van der Waals surface area contributed by atoms with Gasteiger partial charge in [-0.05, 0) is 24.5 Å². The summed E-state index contributed by atoms with van der Waals surface area (Å²) in [5.41, 5.74) is 1.72. The van der Waals surface area contributed by atoms with Gasteiger partial charge in [0, 0.05) is 18.6 Å². The Morgan fingerprint density at radius 1 is 1.25 bits per heavy atom. The Bertz CT molecular complexity index is 728. The van der Waals surface area contributed by atoms with E-state index in [0.717, 1.165) is 27.6 Å². The summed E-state index contributed by atoms with van der Waals surface area (Å²) >= 11 is 1.53. The second-order valence-electron chi connectivity index (χ2n) is 4.38. The third-order valence-electron chi connectivity index (χ3n) is 3.03. The van der Waals surface area contributed by atoms with E-state index in [4.69, 9.17) is 4.52 Å². The Balaban J connectivity index is 1.86. The van der Waals surface area contributed by atoms with Gasteiger partial charge in [0.2, 0.25) is 0 Å². The van der Waals surface area contributed by atoms with E-state index in [9.17, 15) is 0 Å². The van der Waals surface area contributed by atoms with E-state index in [-0.39, 0.29) is 0 Å². The molecule has 0 saturated carbocycles. The average Bonchev–Trinajstić information content (AvgIpc) is 2.90. The highest BCUT2D eigenvalue weighted by atomic mass is 32.2. The molecule has 0 fully saturated rings. The maximum Gasteiger partial charge on any atom is 0.189 e. The zero-order chi connectivity index (χ0) is 13.9. The number of aromatic nitrogens is 3. The summed E-state index contributed by atoms with van der Waals surface area (Å²) in [6.45, 7) is 0.641. The molecular weight excluding hydrogens is 272 g/mol. The summed E-state index contributed by atoms with van der Waals surface area (Å²) in [6, 6.07) is 9.75. The standard InChI is InChI=1S/C14H14N4OS/c1-18(13-7-8-15-14(16-13)20-2)9-11-10-5-3-4-6-12(10)19-17-11/h3-8H,9H2,1-2H3. The van der Waals surface area contributed by atoms with Crippen molar-refractivity contribution < 1.29 is 4.52 Å². The Labute approximate surface area is 121 Å². The van der Waals surface area contributed by atoms with Gasteiger partial charge in [0.15, 0.2) is 10.7 Å². The molecule has 102 valence electrons. The molecule has 0 aliphatic heterocycles. The molecule has 1 aromatic carbocycles. The average molecular weight is 286 g/mol. The Kier molecular flexibility index (Phi) is 3.56. The van der Waals surface area contributed by atoms with E-state index in [1.165, 1.54) is 11.8 Å². The molecule has 5 nitrogen and oxygen atoms in total. The lowest BCUT2D eigenvalue weighted by Crippen LogP contribution is -2.18. The molecule has 0 atom stereocenters. The molecule has 0 saturated heterocycles. The molecular formula is C14H14N4OS. The van der Waals surface area contributed by atoms with Crippen LogP contribution in [0.2, 0.25) is 0 Å². The number of hydrogen-bond donors (Lipinski definition) is 0. The number of thioether (sulfide) groups is 1. The van der Waals surface area contributed by atoms with Crippen LogP contribution >= 0.6 is 11.8 Å². The fourth-order valence-electron chi connectivity index (χ4n) is 2.00. The van der Waals surface area contributed by atoms with Gasteiger partial charge in [-0.15, -0.1) is 0 Å². The molecule has 3 rings (SSSR count). The zero-order valence-electron chi connectivity index (χ0n) is 11.3. The largest absolute Gasteiger partial charge is 0.356 e. The number of para-hydroxylation sites is 1. The second kappa shape index (κ2) is 5.50. The summed E-state index contributed by atoms with van der Waals surface area (Å²) in [6.07, 6.45) is 3.73. The summed E-state index contributed by atoms with van der Waals surface area (Å²) in [7, 11) is 1.98. The molecule has 0 N–H and O–H groups in total. The third kappa shape index (κ3) is 2.46. The molecule has 0 bridgehead atoms. The first kappa shape index (κ1) is 12.9. The smallest absolute Gasteiger partial charge is 0.189 e. The molecule has 0 radical (unpaired) electrons. The van der Waals surface area contributed by atoms with E-state index in [2.05, 4.69) is 15.1 Å². The lowest BCUT2D eigenvalue weighted by atomic mass is 10.2. The van der Waals surface area contributed by atoms with Crippen LogP contribution in [-0.2, 0) is 6.54 Å². The van der Waals surface area contributed by atoms with Gasteiger partial charge in [0.05, 0.1) is 6.54 Å². The Hall–Kier alpha value is -2.08. The van der Waals surface area contributed by atoms with Crippen LogP contribution in [0.5, 0.6) is 0 Å². The zero-order valence-corrected chi connectivity index (χ0v) is 12.1. The quantitative estimate of drug-likeness (QED) is 0.543. The normalized spacial score (nSPS) is 10.9. The van der Waals surface area contributed by atoms with Crippen molar-refractivity contribution in [1.82, 2.24) is 15.1 Å². The SMILES string of the molecule is CSc1nccc(N(C)Cc2noc3ccccc23)n1. The lowest BCUT2D eigenvalue weighted by molar-refractivity contribution is 0.445. The maximum absolute atomic E-state index is 5.32. The highest BCUT2D eigenvalue weighted by molar-refractivity contribution is 7.98. The molecule has 0 aliphatic rings. The van der Waals surface area contributed by atoms with Gasteiger partial charge < -0.3 is 9.42 Å². The predicted molar refractivity (Wildman–Crippen MR) is 79.9 cm³/mol. The van der Waals surface area contributed by atoms with Gasteiger partial charge in [0.1, 0.15) is 11.5 Å². The molecule has 2 aromatic heterocycles. The number of anilines is 1. The van der Waals surface area contributed by atoms with E-state index in [1.54, 1.807) is 6.20 Å². The van der Waals surface area contributed by atoms with E-state index < -0.39 is 0 Å². The number of nitrogens with zero attached hydrogens (tertiary/aromatic N) is 4. The monoisotopic (exact) mass is 286 g/mol. The molecule has 0 aliphatic carbocycles. The van der Waals surface area contributed by atoms with Crippen molar-refractivity contribution in [1.29, 1.82) is 0 Å². The number of hydrogen-bond acceptors (Lipinski definition) is 6. The lowest BCUT2D eigenvalue weighted by Gasteiger charge is -2.16. The predicted octanol–water partition coefficient (Wildman–Crippen LogP) is 2.98. The van der Waals surface area contributed by atoms with Crippen molar-refractivity contribution in [2.24, 2.45) is 0 Å². The van der Waals surface area contributed by atoms with Crippen molar-refractivity contribution in [2.45, 2.75) is 11.7 Å². The van der Waals surface area contributed by atoms with Crippen LogP contribution in [0.1, 0.15) is 5.69 Å². The summed E-state index contributed by atoms with van der Waals surface area (Å²) in [5.74, 6) is 0.872. The third-order valence-corrected chi connectivity index (χ3v) is 3.59. The van der Waals surface area contributed by atoms with Gasteiger partial charge in [-0.1, -0.05) is 29.1 Å². The van der Waals surface area contributed by atoms with Crippen molar-refractivity contribution in [3.05, 3.63) is 42.2 Å². The van der Waals surface area contributed by atoms with Crippen LogP contribution in [-0.4, -0.2) is 28.4 Å². The first-order valence-electron chi connectivity index (χ1n) is 6.19. The fourth-order valence-corrected chi connectivity index (χ4v) is 2.35. The van der Waals surface area contributed by atoms with Crippen LogP contribution in [0.3, 0.4) is 0 Å². The molecule has 0 unspecified atom stereocenters. The van der Waals surface area contributed by atoms with E-state index >= 15 is 0 Å². The summed E-state index contributed by atoms with van der Waals surface area (Å²) in [5, 5.41) is 5.94. The van der Waals surface area contributed by atoms with Crippen LogP contribution in [0.4, 0.5) is 5.82 Å². The number of fused-ring (bicyclic) bond motifs is 1. The molecule has 0 amide bonds. The minimum Gasteiger partial charge on any atom is -0.356 e. The van der Waals surface area contributed by atoms with Crippen molar-refractivity contribution in [3.63, 3.8) is 0 Å². The first-order chi connectivity index (χ1) is 9.78. The van der Waals surface area contributed by atoms with Gasteiger partial charge in [-0.2, -0.15) is 0 Å². The fraction of sp³-hybridized carbons (Fsp3) is 0.214. The van der Waals surface area contributed by atoms with E-state index in [0.29, 0.717) is 6.54 Å². The van der Waals surface area contributed by atoms with E-state index in [1.807, 2.05) is 48.5 Å². The maximum atomic E-state index is 5.32. The summed E-state index contributed by atoms with van der Waals surface area (Å²) in [4.78, 5) is 10.7. The first-order valence-corrected chi connectivity index (χ1v) is 7.42. The molecule has 2 heterocycles. The molecule has 0 spiro atoms. The second-order valence-corrected chi connectivity index (χ2v) is 5.16. The Morgan fingerprint density at radius 2 is 2.10 bits per heavy atom. The Morgan fingerprint density at radius 3 is 2.95 bits per heavy atom. The number of rotatable bonds is 4. The van der Waals surface area contributed by atoms with Crippen LogP contribution < -0.4 is 4.90 Å². The molecule has 6 heteroatoms. The minimum absolute atomic E-state index is 0.641. The topological polar surface area (TPSA) is 55.1 Å². The molecule has 3 aromatic rings. The van der Waals surface area contributed by atoms with Crippen LogP contribution in [0, 0.1) is 0 Å². The van der Waals surface area contributed by atoms with Crippen molar-refractivity contribution in [2.75, 3.05) is 18.2 Å². The van der Waals surface area contributed by atoms with Crippen LogP contribution in [0.25, 0.3) is 11.0 Å². The van der Waals surface area contributed by atoms with Gasteiger partial charge in [-0.25, -0.2) is 9.97 Å². The highest BCUT2D eigenvalue weighted by Crippen LogP contribution is 2.21. The van der Waals surface area contributed by atoms with Crippen molar-refractivity contribution >= 4 is 28.5 Å².